The van der Waals surface area contributed by atoms with E-state index >= 15 is 0 Å². The summed E-state index contributed by atoms with van der Waals surface area (Å²) in [5.41, 5.74) is 3.80. The van der Waals surface area contributed by atoms with Crippen molar-refractivity contribution in [2.45, 2.75) is 20.3 Å². The number of para-hydroxylation sites is 1. The Morgan fingerprint density at radius 1 is 1.03 bits per heavy atom. The number of ether oxygens (including phenoxy) is 1. The number of nitrogens with zero attached hydrogens (tertiary/aromatic N) is 1. The molecule has 3 amide bonds. The SMILES string of the molecule is Cc1cccc(C)c1OCCNC(=O)Nc1ccc(CC(=O)N2CCSCC2)cc1. The topological polar surface area (TPSA) is 70.7 Å². The number of urea groups is 1. The van der Waals surface area contributed by atoms with Gasteiger partial charge in [-0.2, -0.15) is 11.8 Å². The second-order valence-corrected chi connectivity index (χ2v) is 8.54. The quantitative estimate of drug-likeness (QED) is 0.662. The molecule has 0 spiro atoms. The second kappa shape index (κ2) is 10.9. The lowest BCUT2D eigenvalue weighted by molar-refractivity contribution is -0.130. The van der Waals surface area contributed by atoms with Crippen molar-refractivity contribution in [2.24, 2.45) is 0 Å². The molecule has 7 heteroatoms. The molecule has 0 radical (unpaired) electrons. The Kier molecular flexibility index (Phi) is 8.02. The fraction of sp³-hybridized carbons (Fsp3) is 0.391. The van der Waals surface area contributed by atoms with E-state index in [4.69, 9.17) is 4.74 Å². The van der Waals surface area contributed by atoms with Crippen LogP contribution >= 0.6 is 11.8 Å². The number of carbonyl (C=O) groups is 2. The van der Waals surface area contributed by atoms with E-state index in [1.165, 1.54) is 0 Å². The van der Waals surface area contributed by atoms with E-state index in [-0.39, 0.29) is 11.9 Å². The molecule has 0 bridgehead atoms. The number of benzene rings is 2. The molecule has 0 unspecified atom stereocenters. The number of nitrogens with one attached hydrogen (secondary N) is 2. The van der Waals surface area contributed by atoms with Crippen molar-refractivity contribution in [1.29, 1.82) is 0 Å². The molecular formula is C23H29N3O3S. The summed E-state index contributed by atoms with van der Waals surface area (Å²) in [7, 11) is 0. The maximum Gasteiger partial charge on any atom is 0.319 e. The number of thioether (sulfide) groups is 1. The van der Waals surface area contributed by atoms with E-state index < -0.39 is 0 Å². The van der Waals surface area contributed by atoms with E-state index in [1.54, 1.807) is 0 Å². The van der Waals surface area contributed by atoms with Gasteiger partial charge < -0.3 is 20.3 Å². The molecule has 0 saturated carbocycles. The zero-order valence-electron chi connectivity index (χ0n) is 17.6. The van der Waals surface area contributed by atoms with Crippen LogP contribution in [0.25, 0.3) is 0 Å². The van der Waals surface area contributed by atoms with E-state index in [1.807, 2.05) is 73.0 Å². The summed E-state index contributed by atoms with van der Waals surface area (Å²) < 4.78 is 5.79. The van der Waals surface area contributed by atoms with Crippen molar-refractivity contribution in [3.63, 3.8) is 0 Å². The molecule has 0 atom stereocenters. The van der Waals surface area contributed by atoms with Crippen LogP contribution in [0.3, 0.4) is 0 Å². The predicted octanol–water partition coefficient (Wildman–Crippen LogP) is 3.62. The molecule has 6 nitrogen and oxygen atoms in total. The van der Waals surface area contributed by atoms with Gasteiger partial charge in [-0.25, -0.2) is 4.79 Å². The number of hydrogen-bond donors (Lipinski definition) is 2. The van der Waals surface area contributed by atoms with E-state index in [9.17, 15) is 9.59 Å². The van der Waals surface area contributed by atoms with Crippen LogP contribution in [-0.4, -0.2) is 54.6 Å². The molecule has 1 aliphatic rings. The van der Waals surface area contributed by atoms with E-state index in [0.29, 0.717) is 25.3 Å². The largest absolute Gasteiger partial charge is 0.491 e. The summed E-state index contributed by atoms with van der Waals surface area (Å²) in [5, 5.41) is 5.60. The molecular weight excluding hydrogens is 398 g/mol. The number of rotatable bonds is 7. The average molecular weight is 428 g/mol. The van der Waals surface area contributed by atoms with Crippen LogP contribution in [0.5, 0.6) is 5.75 Å². The number of carbonyl (C=O) groups excluding carboxylic acids is 2. The lowest BCUT2D eigenvalue weighted by atomic mass is 10.1. The minimum Gasteiger partial charge on any atom is -0.491 e. The Morgan fingerprint density at radius 3 is 2.37 bits per heavy atom. The smallest absolute Gasteiger partial charge is 0.319 e. The van der Waals surface area contributed by atoms with Gasteiger partial charge in [0.1, 0.15) is 12.4 Å². The zero-order valence-corrected chi connectivity index (χ0v) is 18.4. The van der Waals surface area contributed by atoms with E-state index in [2.05, 4.69) is 10.6 Å². The third-order valence-electron chi connectivity index (χ3n) is 4.97. The monoisotopic (exact) mass is 427 g/mol. The molecule has 1 aliphatic heterocycles. The second-order valence-electron chi connectivity index (χ2n) is 7.32. The van der Waals surface area contributed by atoms with Crippen LogP contribution in [0.1, 0.15) is 16.7 Å². The number of hydrogen-bond acceptors (Lipinski definition) is 4. The van der Waals surface area contributed by atoms with Gasteiger partial charge in [-0.3, -0.25) is 4.79 Å². The van der Waals surface area contributed by atoms with Gasteiger partial charge >= 0.3 is 6.03 Å². The maximum absolute atomic E-state index is 12.3. The first-order valence-corrected chi connectivity index (χ1v) is 11.4. The summed E-state index contributed by atoms with van der Waals surface area (Å²) in [6, 6.07) is 13.1. The normalized spacial score (nSPS) is 13.6. The summed E-state index contributed by atoms with van der Waals surface area (Å²) in [6.45, 7) is 6.47. The molecule has 0 aliphatic carbocycles. The van der Waals surface area contributed by atoms with E-state index in [0.717, 1.165) is 47.0 Å². The third kappa shape index (κ3) is 6.42. The molecule has 3 rings (SSSR count). The van der Waals surface area contributed by atoms with Crippen molar-refractivity contribution < 1.29 is 14.3 Å². The van der Waals surface area contributed by atoms with Gasteiger partial charge in [0.25, 0.3) is 0 Å². The standard InChI is InChI=1S/C23H29N3O3S/c1-17-4-3-5-18(2)22(17)29-13-10-24-23(28)25-20-8-6-19(7-9-20)16-21(27)26-11-14-30-15-12-26/h3-9H,10-16H2,1-2H3,(H2,24,25,28). The fourth-order valence-electron chi connectivity index (χ4n) is 3.32. The zero-order chi connectivity index (χ0) is 21.3. The number of aryl methyl sites for hydroxylation is 2. The van der Waals surface area contributed by atoms with Gasteiger partial charge in [0.05, 0.1) is 13.0 Å². The lowest BCUT2D eigenvalue weighted by Gasteiger charge is -2.26. The Balaban J connectivity index is 1.39. The van der Waals surface area contributed by atoms with Crippen molar-refractivity contribution in [3.8, 4) is 5.75 Å². The summed E-state index contributed by atoms with van der Waals surface area (Å²) in [4.78, 5) is 26.4. The van der Waals surface area contributed by atoms with Gasteiger partial charge in [-0.05, 0) is 42.7 Å². The van der Waals surface area contributed by atoms with Crippen LogP contribution in [-0.2, 0) is 11.2 Å². The average Bonchev–Trinajstić information content (AvgIpc) is 2.75. The molecule has 1 fully saturated rings. The maximum atomic E-state index is 12.3. The minimum atomic E-state index is -0.283. The first-order chi connectivity index (χ1) is 14.5. The molecule has 2 aromatic rings. The summed E-state index contributed by atoms with van der Waals surface area (Å²) in [6.07, 6.45) is 0.396. The van der Waals surface area contributed by atoms with Gasteiger partial charge in [0.2, 0.25) is 5.91 Å². The first-order valence-electron chi connectivity index (χ1n) is 10.2. The Hall–Kier alpha value is -2.67. The molecule has 0 aromatic heterocycles. The fourth-order valence-corrected chi connectivity index (χ4v) is 4.23. The Bertz CT molecular complexity index is 844. The molecule has 2 aromatic carbocycles. The van der Waals surface area contributed by atoms with Gasteiger partial charge in [0.15, 0.2) is 0 Å². The van der Waals surface area contributed by atoms with Gasteiger partial charge in [-0.1, -0.05) is 30.3 Å². The van der Waals surface area contributed by atoms with Crippen LogP contribution in [0.15, 0.2) is 42.5 Å². The highest BCUT2D eigenvalue weighted by atomic mass is 32.2. The highest BCUT2D eigenvalue weighted by molar-refractivity contribution is 7.99. The highest BCUT2D eigenvalue weighted by Crippen LogP contribution is 2.22. The third-order valence-corrected chi connectivity index (χ3v) is 5.92. The van der Waals surface area contributed by atoms with Gasteiger partial charge in [-0.15, -0.1) is 0 Å². The van der Waals surface area contributed by atoms with Gasteiger partial charge in [0, 0.05) is 30.3 Å². The molecule has 2 N–H and O–H groups in total. The minimum absolute atomic E-state index is 0.164. The van der Waals surface area contributed by atoms with Crippen LogP contribution in [0.2, 0.25) is 0 Å². The van der Waals surface area contributed by atoms with Crippen LogP contribution in [0, 0.1) is 13.8 Å². The summed E-state index contributed by atoms with van der Waals surface area (Å²) in [5.74, 6) is 3.06. The van der Waals surface area contributed by atoms with Crippen LogP contribution < -0.4 is 15.4 Å². The molecule has 160 valence electrons. The summed E-state index contributed by atoms with van der Waals surface area (Å²) >= 11 is 1.89. The van der Waals surface area contributed by atoms with Crippen molar-refractivity contribution in [2.75, 3.05) is 43.1 Å². The molecule has 1 heterocycles. The van der Waals surface area contributed by atoms with Crippen molar-refractivity contribution >= 4 is 29.4 Å². The number of amides is 3. The highest BCUT2D eigenvalue weighted by Gasteiger charge is 2.16. The molecule has 30 heavy (non-hydrogen) atoms. The Morgan fingerprint density at radius 2 is 1.70 bits per heavy atom. The van der Waals surface area contributed by atoms with Crippen molar-refractivity contribution in [3.05, 3.63) is 59.2 Å². The van der Waals surface area contributed by atoms with Crippen molar-refractivity contribution in [1.82, 2.24) is 10.2 Å². The van der Waals surface area contributed by atoms with Crippen LogP contribution in [0.4, 0.5) is 10.5 Å². The first kappa shape index (κ1) is 22.0. The Labute approximate surface area is 182 Å². The lowest BCUT2D eigenvalue weighted by Crippen LogP contribution is -2.38. The number of anilines is 1. The predicted molar refractivity (Wildman–Crippen MR) is 122 cm³/mol. The molecule has 1 saturated heterocycles.